The lowest BCUT2D eigenvalue weighted by Gasteiger charge is -2.12. The van der Waals surface area contributed by atoms with Crippen LogP contribution >= 0.6 is 23.1 Å². The van der Waals surface area contributed by atoms with Crippen molar-refractivity contribution in [2.45, 2.75) is 44.3 Å². The molecule has 1 aliphatic carbocycles. The van der Waals surface area contributed by atoms with E-state index in [1.54, 1.807) is 25.4 Å². The largest absolute Gasteiger partial charge is 0.462 e. The van der Waals surface area contributed by atoms with Crippen molar-refractivity contribution >= 4 is 40.0 Å². The molecule has 1 aliphatic rings. The molecule has 0 saturated heterocycles. The molecule has 0 aliphatic heterocycles. The van der Waals surface area contributed by atoms with E-state index in [0.717, 1.165) is 36.8 Å². The number of hydrogen-bond donors (Lipinski definition) is 1. The summed E-state index contributed by atoms with van der Waals surface area (Å²) in [5, 5.41) is 12.7. The number of carbonyl (C=O) groups is 2. The molecule has 0 radical (unpaired) electrons. The van der Waals surface area contributed by atoms with Crippen molar-refractivity contribution in [3.8, 4) is 11.4 Å². The number of esters is 1. The number of anilines is 1. The Morgan fingerprint density at radius 1 is 1.33 bits per heavy atom. The molecule has 1 N–H and O–H groups in total. The third-order valence-electron chi connectivity index (χ3n) is 5.18. The molecule has 0 unspecified atom stereocenters. The molecule has 0 fully saturated rings. The van der Waals surface area contributed by atoms with Gasteiger partial charge in [-0.2, -0.15) is 0 Å². The highest BCUT2D eigenvalue weighted by Crippen LogP contribution is 2.38. The third kappa shape index (κ3) is 5.17. The first-order valence-corrected chi connectivity index (χ1v) is 12.6. The van der Waals surface area contributed by atoms with Crippen LogP contribution in [-0.2, 0) is 28.9 Å². The van der Waals surface area contributed by atoms with Crippen molar-refractivity contribution in [2.24, 2.45) is 0 Å². The summed E-state index contributed by atoms with van der Waals surface area (Å²) in [5.74, 6) is 0.223. The number of nitrogens with zero attached hydrogens (tertiary/aromatic N) is 4. The second kappa shape index (κ2) is 10.8. The number of allylic oxidation sites excluding steroid dienone is 1. The highest BCUT2D eigenvalue weighted by atomic mass is 32.2. The van der Waals surface area contributed by atoms with Gasteiger partial charge in [-0.3, -0.25) is 14.3 Å². The number of thiophene rings is 1. The number of aromatic nitrogens is 4. The normalized spacial score (nSPS) is 12.8. The maximum Gasteiger partial charge on any atom is 0.341 e. The summed E-state index contributed by atoms with van der Waals surface area (Å²) in [6.07, 6.45) is 9.08. The van der Waals surface area contributed by atoms with Gasteiger partial charge < -0.3 is 10.1 Å². The van der Waals surface area contributed by atoms with Crippen LogP contribution in [0.25, 0.3) is 11.4 Å². The van der Waals surface area contributed by atoms with Gasteiger partial charge in [0.05, 0.1) is 17.9 Å². The van der Waals surface area contributed by atoms with Crippen LogP contribution < -0.4 is 5.32 Å². The molecule has 4 rings (SSSR count). The molecule has 0 spiro atoms. The second-order valence-corrected chi connectivity index (χ2v) is 9.47. The first-order valence-electron chi connectivity index (χ1n) is 10.8. The van der Waals surface area contributed by atoms with Gasteiger partial charge in [0.25, 0.3) is 0 Å². The highest BCUT2D eigenvalue weighted by molar-refractivity contribution is 7.99. The SMILES string of the molecule is C=CCn1c(SCC(=O)Nc2sc3c(c2C(=O)OCC)CCCC3)nnc1-c1cccnc1. The summed E-state index contributed by atoms with van der Waals surface area (Å²) in [7, 11) is 0. The summed E-state index contributed by atoms with van der Waals surface area (Å²) in [5.41, 5.74) is 2.38. The van der Waals surface area contributed by atoms with E-state index < -0.39 is 0 Å². The van der Waals surface area contributed by atoms with E-state index >= 15 is 0 Å². The molecule has 172 valence electrons. The van der Waals surface area contributed by atoms with Gasteiger partial charge in [0.1, 0.15) is 5.00 Å². The van der Waals surface area contributed by atoms with Crippen molar-refractivity contribution in [1.29, 1.82) is 0 Å². The first kappa shape index (κ1) is 23.2. The number of thioether (sulfide) groups is 1. The summed E-state index contributed by atoms with van der Waals surface area (Å²) in [6, 6.07) is 3.75. The maximum absolute atomic E-state index is 12.8. The fraction of sp³-hybridized carbons (Fsp3) is 0.348. The smallest absolute Gasteiger partial charge is 0.341 e. The number of pyridine rings is 1. The molecule has 0 aromatic carbocycles. The topological polar surface area (TPSA) is 99.0 Å². The molecule has 0 bridgehead atoms. The molecule has 10 heteroatoms. The molecule has 3 aromatic rings. The van der Waals surface area contributed by atoms with E-state index in [0.29, 0.717) is 34.7 Å². The van der Waals surface area contributed by atoms with E-state index in [4.69, 9.17) is 4.74 Å². The van der Waals surface area contributed by atoms with Crippen molar-refractivity contribution < 1.29 is 14.3 Å². The lowest BCUT2D eigenvalue weighted by molar-refractivity contribution is -0.113. The Morgan fingerprint density at radius 3 is 2.94 bits per heavy atom. The van der Waals surface area contributed by atoms with Crippen LogP contribution in [0.2, 0.25) is 0 Å². The standard InChI is InChI=1S/C23H25N5O3S2/c1-3-12-28-20(15-8-7-11-24-13-15)26-27-23(28)32-14-18(29)25-21-19(22(30)31-4-2)16-9-5-6-10-17(16)33-21/h3,7-8,11,13H,1,4-6,9-10,12,14H2,2H3,(H,25,29). The van der Waals surface area contributed by atoms with Crippen molar-refractivity contribution in [3.05, 3.63) is 53.2 Å². The Labute approximate surface area is 200 Å². The van der Waals surface area contributed by atoms with Gasteiger partial charge in [-0.25, -0.2) is 4.79 Å². The van der Waals surface area contributed by atoms with Gasteiger partial charge in [0.15, 0.2) is 11.0 Å². The summed E-state index contributed by atoms with van der Waals surface area (Å²) in [6.45, 7) is 6.40. The van der Waals surface area contributed by atoms with Gasteiger partial charge in [0, 0.05) is 29.4 Å². The van der Waals surface area contributed by atoms with Crippen LogP contribution in [0.5, 0.6) is 0 Å². The Hall–Kier alpha value is -2.98. The maximum atomic E-state index is 12.8. The van der Waals surface area contributed by atoms with E-state index in [2.05, 4.69) is 27.1 Å². The lowest BCUT2D eigenvalue weighted by atomic mass is 9.95. The van der Waals surface area contributed by atoms with Gasteiger partial charge in [-0.15, -0.1) is 28.1 Å². The molecular formula is C23H25N5O3S2. The second-order valence-electron chi connectivity index (χ2n) is 7.42. The van der Waals surface area contributed by atoms with Crippen molar-refractivity contribution in [1.82, 2.24) is 19.7 Å². The minimum absolute atomic E-state index is 0.132. The number of hydrogen-bond acceptors (Lipinski definition) is 8. The van der Waals surface area contributed by atoms with E-state index in [-0.39, 0.29) is 17.6 Å². The van der Waals surface area contributed by atoms with Gasteiger partial charge in [-0.1, -0.05) is 17.8 Å². The summed E-state index contributed by atoms with van der Waals surface area (Å²) < 4.78 is 7.17. The van der Waals surface area contributed by atoms with Crippen molar-refractivity contribution in [2.75, 3.05) is 17.7 Å². The van der Waals surface area contributed by atoms with E-state index in [1.165, 1.54) is 28.0 Å². The Kier molecular flexibility index (Phi) is 7.56. The third-order valence-corrected chi connectivity index (χ3v) is 7.36. The Bertz CT molecular complexity index is 1160. The Balaban J connectivity index is 1.49. The average Bonchev–Trinajstić information content (AvgIpc) is 3.39. The minimum Gasteiger partial charge on any atom is -0.462 e. The molecule has 33 heavy (non-hydrogen) atoms. The van der Waals surface area contributed by atoms with Crippen LogP contribution in [0.15, 0.2) is 42.3 Å². The zero-order chi connectivity index (χ0) is 23.2. The monoisotopic (exact) mass is 483 g/mol. The molecule has 1 amide bonds. The molecular weight excluding hydrogens is 458 g/mol. The fourth-order valence-corrected chi connectivity index (χ4v) is 5.81. The summed E-state index contributed by atoms with van der Waals surface area (Å²) >= 11 is 2.77. The lowest BCUT2D eigenvalue weighted by Crippen LogP contribution is -2.17. The number of nitrogens with one attached hydrogen (secondary N) is 1. The quantitative estimate of drug-likeness (QED) is 0.274. The number of aryl methyl sites for hydroxylation is 1. The number of ether oxygens (including phenoxy) is 1. The molecule has 8 nitrogen and oxygen atoms in total. The molecule has 0 saturated carbocycles. The van der Waals surface area contributed by atoms with Crippen molar-refractivity contribution in [3.63, 3.8) is 0 Å². The summed E-state index contributed by atoms with van der Waals surface area (Å²) in [4.78, 5) is 30.7. The minimum atomic E-state index is -0.369. The van der Waals surface area contributed by atoms with Gasteiger partial charge >= 0.3 is 5.97 Å². The predicted molar refractivity (Wildman–Crippen MR) is 130 cm³/mol. The zero-order valence-corrected chi connectivity index (χ0v) is 20.0. The fourth-order valence-electron chi connectivity index (χ4n) is 3.76. The van der Waals surface area contributed by atoms with E-state index in [1.807, 2.05) is 16.7 Å². The van der Waals surface area contributed by atoms with Gasteiger partial charge in [-0.05, 0) is 50.3 Å². The van der Waals surface area contributed by atoms with Crippen LogP contribution in [0.1, 0.15) is 40.6 Å². The predicted octanol–water partition coefficient (Wildman–Crippen LogP) is 4.37. The molecule has 3 heterocycles. The first-order chi connectivity index (χ1) is 16.1. The number of amides is 1. The number of fused-ring (bicyclic) bond motifs is 1. The van der Waals surface area contributed by atoms with Crippen LogP contribution in [0.3, 0.4) is 0 Å². The van der Waals surface area contributed by atoms with Crippen LogP contribution in [-0.4, -0.2) is 44.0 Å². The van der Waals surface area contributed by atoms with E-state index in [9.17, 15) is 9.59 Å². The number of rotatable bonds is 9. The average molecular weight is 484 g/mol. The van der Waals surface area contributed by atoms with Gasteiger partial charge in [0.2, 0.25) is 5.91 Å². The molecule has 0 atom stereocenters. The number of carbonyl (C=O) groups excluding carboxylic acids is 2. The highest BCUT2D eigenvalue weighted by Gasteiger charge is 2.27. The van der Waals surface area contributed by atoms with Crippen LogP contribution in [0, 0.1) is 0 Å². The Morgan fingerprint density at radius 2 is 2.18 bits per heavy atom. The zero-order valence-electron chi connectivity index (χ0n) is 18.4. The molecule has 3 aromatic heterocycles. The van der Waals surface area contributed by atoms with Crippen LogP contribution in [0.4, 0.5) is 5.00 Å².